The van der Waals surface area contributed by atoms with Crippen LogP contribution < -0.4 is 21.3 Å². The van der Waals surface area contributed by atoms with Gasteiger partial charge in [-0.3, -0.25) is 19.1 Å². The summed E-state index contributed by atoms with van der Waals surface area (Å²) < 4.78 is 50.0. The SMILES string of the molecule is CC(C)n1nccc1C(=O)NC(C(=O)Nc1ccc(CC(=O)NCC(F)(F)CNC(=O)OC(C)(C)C)cc1F)C(C1CC1)C1CC1. The monoisotopic (exact) mass is 648 g/mol. The number of hydrogen-bond acceptors (Lipinski definition) is 6. The summed E-state index contributed by atoms with van der Waals surface area (Å²) in [7, 11) is 0. The fraction of sp³-hybridized carbons (Fsp3) is 0.594. The Labute approximate surface area is 266 Å². The van der Waals surface area contributed by atoms with Crippen molar-refractivity contribution in [3.63, 3.8) is 0 Å². The number of amides is 4. The quantitative estimate of drug-likeness (QED) is 0.236. The normalized spacial score (nSPS) is 15.8. The van der Waals surface area contributed by atoms with Crippen LogP contribution in [0.1, 0.15) is 82.4 Å². The molecular weight excluding hydrogens is 605 g/mol. The molecule has 46 heavy (non-hydrogen) atoms. The maximum atomic E-state index is 15.1. The van der Waals surface area contributed by atoms with Gasteiger partial charge in [0.25, 0.3) is 11.8 Å². The lowest BCUT2D eigenvalue weighted by molar-refractivity contribution is -0.122. The van der Waals surface area contributed by atoms with Crippen LogP contribution in [0.4, 0.5) is 23.7 Å². The number of alkyl halides is 2. The molecule has 1 heterocycles. The number of aromatic nitrogens is 2. The molecule has 0 bridgehead atoms. The molecule has 0 radical (unpaired) electrons. The molecular formula is C32H43F3N6O5. The number of halogens is 3. The maximum absolute atomic E-state index is 15.1. The summed E-state index contributed by atoms with van der Waals surface area (Å²) in [6, 6.07) is 4.38. The van der Waals surface area contributed by atoms with Crippen LogP contribution >= 0.6 is 0 Å². The van der Waals surface area contributed by atoms with E-state index >= 15 is 4.39 Å². The summed E-state index contributed by atoms with van der Waals surface area (Å²) in [6.07, 6.45) is 3.96. The molecule has 2 aromatic rings. The minimum atomic E-state index is -3.45. The van der Waals surface area contributed by atoms with Crippen LogP contribution in [0.15, 0.2) is 30.5 Å². The second-order valence-corrected chi connectivity index (χ2v) is 13.4. The lowest BCUT2D eigenvalue weighted by Gasteiger charge is -2.28. The number of rotatable bonds is 14. The van der Waals surface area contributed by atoms with Gasteiger partial charge in [0.15, 0.2) is 0 Å². The van der Waals surface area contributed by atoms with E-state index < -0.39 is 66.7 Å². The minimum absolute atomic E-state index is 0.0713. The van der Waals surface area contributed by atoms with E-state index in [0.717, 1.165) is 31.7 Å². The van der Waals surface area contributed by atoms with Crippen molar-refractivity contribution >= 4 is 29.5 Å². The predicted octanol–water partition coefficient (Wildman–Crippen LogP) is 4.60. The summed E-state index contributed by atoms with van der Waals surface area (Å²) in [5.41, 5.74) is -0.466. The van der Waals surface area contributed by atoms with Crippen molar-refractivity contribution in [2.24, 2.45) is 17.8 Å². The highest BCUT2D eigenvalue weighted by Gasteiger charge is 2.48. The van der Waals surface area contributed by atoms with E-state index in [9.17, 15) is 28.0 Å². The third-order valence-electron chi connectivity index (χ3n) is 7.77. The largest absolute Gasteiger partial charge is 0.444 e. The lowest BCUT2D eigenvalue weighted by Crippen LogP contribution is -2.50. The van der Waals surface area contributed by atoms with Crippen LogP contribution in [0.5, 0.6) is 0 Å². The average molecular weight is 649 g/mol. The van der Waals surface area contributed by atoms with Crippen LogP contribution in [-0.4, -0.2) is 64.3 Å². The summed E-state index contributed by atoms with van der Waals surface area (Å²) in [4.78, 5) is 50.9. The summed E-state index contributed by atoms with van der Waals surface area (Å²) in [6.45, 7) is 6.47. The average Bonchev–Trinajstić information content (AvgIpc) is 3.90. The second kappa shape index (κ2) is 14.1. The number of ether oxygens (including phenoxy) is 1. The molecule has 1 aromatic carbocycles. The van der Waals surface area contributed by atoms with Crippen LogP contribution in [0, 0.1) is 23.6 Å². The zero-order valence-electron chi connectivity index (χ0n) is 26.8. The third kappa shape index (κ3) is 9.95. The Hall–Kier alpha value is -4.10. The predicted molar refractivity (Wildman–Crippen MR) is 164 cm³/mol. The second-order valence-electron chi connectivity index (χ2n) is 13.4. The fourth-order valence-corrected chi connectivity index (χ4v) is 5.38. The van der Waals surface area contributed by atoms with Crippen molar-refractivity contribution in [3.8, 4) is 0 Å². The van der Waals surface area contributed by atoms with Crippen molar-refractivity contribution in [1.29, 1.82) is 0 Å². The molecule has 11 nitrogen and oxygen atoms in total. The Kier molecular flexibility index (Phi) is 10.7. The molecule has 2 saturated carbocycles. The molecule has 1 atom stereocenters. The molecule has 252 valence electrons. The number of hydrogen-bond donors (Lipinski definition) is 4. The highest BCUT2D eigenvalue weighted by atomic mass is 19.3. The van der Waals surface area contributed by atoms with Crippen molar-refractivity contribution in [2.75, 3.05) is 18.4 Å². The van der Waals surface area contributed by atoms with E-state index in [1.807, 2.05) is 19.2 Å². The Bertz CT molecular complexity index is 1420. The summed E-state index contributed by atoms with van der Waals surface area (Å²) in [5.74, 6) is -5.52. The highest BCUT2D eigenvalue weighted by molar-refractivity contribution is 6.01. The Morgan fingerprint density at radius 3 is 2.20 bits per heavy atom. The van der Waals surface area contributed by atoms with Gasteiger partial charge in [0.1, 0.15) is 23.2 Å². The molecule has 0 aliphatic heterocycles. The number of nitrogens with one attached hydrogen (secondary N) is 4. The fourth-order valence-electron chi connectivity index (χ4n) is 5.38. The molecule has 2 fully saturated rings. The van der Waals surface area contributed by atoms with Gasteiger partial charge in [0.05, 0.1) is 25.2 Å². The van der Waals surface area contributed by atoms with E-state index in [1.54, 1.807) is 31.5 Å². The van der Waals surface area contributed by atoms with Crippen LogP contribution in [0.3, 0.4) is 0 Å². The zero-order valence-corrected chi connectivity index (χ0v) is 26.8. The van der Waals surface area contributed by atoms with Crippen LogP contribution in [-0.2, 0) is 20.7 Å². The first-order valence-corrected chi connectivity index (χ1v) is 15.6. The Morgan fingerprint density at radius 2 is 1.63 bits per heavy atom. The number of carbonyl (C=O) groups is 4. The maximum Gasteiger partial charge on any atom is 0.407 e. The Morgan fingerprint density at radius 1 is 1.00 bits per heavy atom. The molecule has 2 aliphatic carbocycles. The molecule has 1 aromatic heterocycles. The number of nitrogens with zero attached hydrogens (tertiary/aromatic N) is 2. The molecule has 0 saturated heterocycles. The third-order valence-corrected chi connectivity index (χ3v) is 7.77. The van der Waals surface area contributed by atoms with Gasteiger partial charge in [-0.1, -0.05) is 6.07 Å². The van der Waals surface area contributed by atoms with Crippen molar-refractivity contribution in [1.82, 2.24) is 25.7 Å². The van der Waals surface area contributed by atoms with Crippen LogP contribution in [0.25, 0.3) is 0 Å². The molecule has 4 amide bonds. The first-order valence-electron chi connectivity index (χ1n) is 15.6. The smallest absolute Gasteiger partial charge is 0.407 e. The summed E-state index contributed by atoms with van der Waals surface area (Å²) in [5, 5.41) is 13.8. The number of anilines is 1. The van der Waals surface area contributed by atoms with Crippen LogP contribution in [0.2, 0.25) is 0 Å². The van der Waals surface area contributed by atoms with Crippen molar-refractivity contribution in [3.05, 3.63) is 47.5 Å². The van der Waals surface area contributed by atoms with Gasteiger partial charge >= 0.3 is 6.09 Å². The molecule has 14 heteroatoms. The molecule has 1 unspecified atom stereocenters. The summed E-state index contributed by atoms with van der Waals surface area (Å²) >= 11 is 0. The highest BCUT2D eigenvalue weighted by Crippen LogP contribution is 2.51. The molecule has 4 rings (SSSR count). The van der Waals surface area contributed by atoms with Gasteiger partial charge in [-0.05, 0) is 102 Å². The Balaban J connectivity index is 1.36. The number of alkyl carbamates (subject to hydrolysis) is 1. The van der Waals surface area contributed by atoms with Gasteiger partial charge in [-0.15, -0.1) is 0 Å². The number of benzene rings is 1. The van der Waals surface area contributed by atoms with Gasteiger partial charge in [-0.2, -0.15) is 5.10 Å². The van der Waals surface area contributed by atoms with Gasteiger partial charge < -0.3 is 26.0 Å². The molecule has 0 spiro atoms. The van der Waals surface area contributed by atoms with Gasteiger partial charge in [0, 0.05) is 12.2 Å². The minimum Gasteiger partial charge on any atom is -0.444 e. The zero-order chi connectivity index (χ0) is 33.8. The van der Waals surface area contributed by atoms with E-state index in [2.05, 4.69) is 21.0 Å². The number of carbonyl (C=O) groups excluding carboxylic acids is 4. The van der Waals surface area contributed by atoms with Gasteiger partial charge in [0.2, 0.25) is 11.8 Å². The van der Waals surface area contributed by atoms with Crippen molar-refractivity contribution in [2.45, 2.75) is 90.3 Å². The van der Waals surface area contributed by atoms with E-state index in [0.29, 0.717) is 17.5 Å². The van der Waals surface area contributed by atoms with E-state index in [-0.39, 0.29) is 23.2 Å². The van der Waals surface area contributed by atoms with Crippen molar-refractivity contribution < 1.29 is 37.1 Å². The van der Waals surface area contributed by atoms with E-state index in [1.165, 1.54) is 18.3 Å². The topological polar surface area (TPSA) is 143 Å². The lowest BCUT2D eigenvalue weighted by atomic mass is 9.88. The van der Waals surface area contributed by atoms with E-state index in [4.69, 9.17) is 4.74 Å². The molecule has 2 aliphatic rings. The standard InChI is InChI=1S/C32H43F3N6O5/c1-18(2)41-24(12-13-38-41)28(43)40-27(26(20-7-8-20)21-9-10-21)29(44)39-23-11-6-19(14-22(23)33)15-25(42)36-16-32(34,35)17-37-30(45)46-31(3,4)5/h6,11-14,18,20-21,26-27H,7-10,15-17H2,1-5H3,(H,36,42)(H,37,45)(H,39,44)(H,40,43). The molecule has 4 N–H and O–H groups in total. The first-order chi connectivity index (χ1) is 21.5. The first kappa shape index (κ1) is 34.8. The van der Waals surface area contributed by atoms with Gasteiger partial charge in [-0.25, -0.2) is 18.0 Å².